The summed E-state index contributed by atoms with van der Waals surface area (Å²) in [6.45, 7) is 7.08. The van der Waals surface area contributed by atoms with Gasteiger partial charge in [-0.3, -0.25) is 0 Å². The van der Waals surface area contributed by atoms with Gasteiger partial charge in [0.25, 0.3) is 0 Å². The number of hydrogen-bond acceptors (Lipinski definition) is 2. The highest BCUT2D eigenvalue weighted by molar-refractivity contribution is 5.81. The van der Waals surface area contributed by atoms with Crippen molar-refractivity contribution in [2.45, 2.75) is 13.1 Å². The largest absolute Gasteiger partial charge is 0.457 e. The number of nitrogens with zero attached hydrogens (tertiary/aromatic N) is 1. The van der Waals surface area contributed by atoms with E-state index in [0.717, 1.165) is 24.1 Å². The van der Waals surface area contributed by atoms with Crippen LogP contribution in [0.1, 0.15) is 16.7 Å². The summed E-state index contributed by atoms with van der Waals surface area (Å²) in [5.74, 6) is -0.377. The molecule has 0 heterocycles. The van der Waals surface area contributed by atoms with Crippen molar-refractivity contribution in [2.75, 3.05) is 19.7 Å². The molecule has 0 N–H and O–H groups in total. The Morgan fingerprint density at radius 1 is 0.806 bits per heavy atom. The number of carbonyl (C=O) groups is 1. The molecule has 3 aromatic carbocycles. The van der Waals surface area contributed by atoms with Gasteiger partial charge in [-0.15, -0.1) is 0 Å². The number of carbonyl (C=O) groups excluding carboxylic acids is 1. The van der Waals surface area contributed by atoms with E-state index in [9.17, 15) is 4.79 Å². The van der Waals surface area contributed by atoms with Crippen LogP contribution in [-0.2, 0) is 22.6 Å². The van der Waals surface area contributed by atoms with E-state index in [2.05, 4.69) is 79.4 Å². The van der Waals surface area contributed by atoms with Gasteiger partial charge >= 0.3 is 5.97 Å². The Kier molecular flexibility index (Phi) is 8.39. The lowest BCUT2D eigenvalue weighted by molar-refractivity contribution is -0.948. The second-order valence-corrected chi connectivity index (χ2v) is 7.72. The fraction of sp³-hybridized carbons (Fsp3) is 0.179. The highest BCUT2D eigenvalue weighted by Crippen LogP contribution is 2.21. The van der Waals surface area contributed by atoms with Gasteiger partial charge in [-0.2, -0.15) is 0 Å². The van der Waals surface area contributed by atoms with E-state index < -0.39 is 0 Å². The number of quaternary nitrogens is 1. The van der Waals surface area contributed by atoms with Crippen molar-refractivity contribution in [3.8, 4) is 0 Å². The molecule has 0 aliphatic heterocycles. The third kappa shape index (κ3) is 7.40. The second kappa shape index (κ2) is 11.7. The highest BCUT2D eigenvalue weighted by atomic mass is 16.5. The molecule has 0 spiro atoms. The molecule has 0 aliphatic rings. The zero-order chi connectivity index (χ0) is 21.8. The van der Waals surface area contributed by atoms with E-state index in [1.165, 1.54) is 22.8 Å². The van der Waals surface area contributed by atoms with E-state index in [0.29, 0.717) is 13.2 Å². The van der Waals surface area contributed by atoms with E-state index >= 15 is 0 Å². The standard InChI is InChI=1S/C28H30NO2/c1-2-28(30)31-22-21-29(23-26-15-8-4-9-16-26,24-27-17-10-5-11-18-27)20-12-19-25-13-6-3-7-14-25/h2-19H,1,20-24H2/q+1. The number of rotatable bonds is 11. The van der Waals surface area contributed by atoms with Crippen LogP contribution < -0.4 is 0 Å². The van der Waals surface area contributed by atoms with Gasteiger partial charge in [0, 0.05) is 17.2 Å². The molecule has 0 saturated carbocycles. The molecular weight excluding hydrogens is 382 g/mol. The first kappa shape index (κ1) is 22.3. The average Bonchev–Trinajstić information content (AvgIpc) is 2.81. The van der Waals surface area contributed by atoms with Crippen LogP contribution in [0.25, 0.3) is 6.08 Å². The Labute approximate surface area is 185 Å². The topological polar surface area (TPSA) is 26.3 Å². The van der Waals surface area contributed by atoms with Crippen LogP contribution in [-0.4, -0.2) is 30.1 Å². The van der Waals surface area contributed by atoms with Gasteiger partial charge in [0.05, 0.1) is 6.54 Å². The number of benzene rings is 3. The molecule has 0 bridgehead atoms. The summed E-state index contributed by atoms with van der Waals surface area (Å²) in [5.41, 5.74) is 3.71. The first-order chi connectivity index (χ1) is 15.2. The lowest BCUT2D eigenvalue weighted by atomic mass is 10.1. The molecule has 3 heteroatoms. The Hall–Kier alpha value is -3.43. The summed E-state index contributed by atoms with van der Waals surface area (Å²) in [6.07, 6.45) is 5.62. The van der Waals surface area contributed by atoms with Gasteiger partial charge < -0.3 is 9.22 Å². The summed E-state index contributed by atoms with van der Waals surface area (Å²) in [4.78, 5) is 11.7. The molecule has 0 fully saturated rings. The van der Waals surface area contributed by atoms with Crippen molar-refractivity contribution in [1.82, 2.24) is 0 Å². The van der Waals surface area contributed by atoms with Crippen LogP contribution in [0.4, 0.5) is 0 Å². The zero-order valence-electron chi connectivity index (χ0n) is 17.9. The molecule has 3 nitrogen and oxygen atoms in total. The Morgan fingerprint density at radius 3 is 1.84 bits per heavy atom. The number of hydrogen-bond donors (Lipinski definition) is 0. The summed E-state index contributed by atoms with van der Waals surface area (Å²) in [7, 11) is 0. The summed E-state index contributed by atoms with van der Waals surface area (Å²) in [5, 5.41) is 0. The zero-order valence-corrected chi connectivity index (χ0v) is 17.9. The minimum atomic E-state index is -0.377. The first-order valence-corrected chi connectivity index (χ1v) is 10.6. The maximum atomic E-state index is 11.7. The maximum Gasteiger partial charge on any atom is 0.330 e. The van der Waals surface area contributed by atoms with E-state index in [-0.39, 0.29) is 5.97 Å². The Balaban J connectivity index is 1.88. The maximum absolute atomic E-state index is 11.7. The molecule has 0 amide bonds. The molecule has 31 heavy (non-hydrogen) atoms. The minimum absolute atomic E-state index is 0.351. The molecular formula is C28H30NO2+. The Morgan fingerprint density at radius 2 is 1.32 bits per heavy atom. The minimum Gasteiger partial charge on any atom is -0.457 e. The predicted molar refractivity (Wildman–Crippen MR) is 127 cm³/mol. The molecule has 3 aromatic rings. The van der Waals surface area contributed by atoms with Crippen molar-refractivity contribution in [3.05, 3.63) is 126 Å². The third-order valence-electron chi connectivity index (χ3n) is 5.30. The van der Waals surface area contributed by atoms with E-state index in [4.69, 9.17) is 4.74 Å². The van der Waals surface area contributed by atoms with Gasteiger partial charge in [-0.25, -0.2) is 4.79 Å². The van der Waals surface area contributed by atoms with Gasteiger partial charge in [-0.05, 0) is 11.6 Å². The fourth-order valence-corrected chi connectivity index (χ4v) is 3.75. The van der Waals surface area contributed by atoms with Crippen molar-refractivity contribution >= 4 is 12.0 Å². The van der Waals surface area contributed by atoms with E-state index in [1.807, 2.05) is 30.3 Å². The highest BCUT2D eigenvalue weighted by Gasteiger charge is 2.27. The molecule has 0 aromatic heterocycles. The van der Waals surface area contributed by atoms with Crippen molar-refractivity contribution in [1.29, 1.82) is 0 Å². The van der Waals surface area contributed by atoms with Gasteiger partial charge in [0.15, 0.2) is 0 Å². The van der Waals surface area contributed by atoms with Crippen molar-refractivity contribution < 1.29 is 14.0 Å². The van der Waals surface area contributed by atoms with Crippen LogP contribution in [0.15, 0.2) is 110 Å². The van der Waals surface area contributed by atoms with Crippen LogP contribution >= 0.6 is 0 Å². The predicted octanol–water partition coefficient (Wildman–Crippen LogP) is 5.65. The van der Waals surface area contributed by atoms with Crippen LogP contribution in [0, 0.1) is 0 Å². The number of esters is 1. The summed E-state index contributed by atoms with van der Waals surface area (Å²) < 4.78 is 6.14. The lowest BCUT2D eigenvalue weighted by Crippen LogP contribution is -2.49. The van der Waals surface area contributed by atoms with Crippen LogP contribution in [0.3, 0.4) is 0 Å². The molecule has 0 atom stereocenters. The van der Waals surface area contributed by atoms with Gasteiger partial charge in [-0.1, -0.05) is 104 Å². The van der Waals surface area contributed by atoms with Gasteiger partial charge in [0.2, 0.25) is 0 Å². The molecule has 158 valence electrons. The second-order valence-electron chi connectivity index (χ2n) is 7.72. The summed E-state index contributed by atoms with van der Waals surface area (Å²) >= 11 is 0. The summed E-state index contributed by atoms with van der Waals surface area (Å²) in [6, 6.07) is 31.3. The monoisotopic (exact) mass is 412 g/mol. The quantitative estimate of drug-likeness (QED) is 0.231. The smallest absolute Gasteiger partial charge is 0.330 e. The molecule has 3 rings (SSSR count). The lowest BCUT2D eigenvalue weighted by Gasteiger charge is -2.38. The Bertz CT molecular complexity index is 924. The molecule has 0 aliphatic carbocycles. The third-order valence-corrected chi connectivity index (χ3v) is 5.30. The SMILES string of the molecule is C=CC(=O)OCC[N+](CC=Cc1ccccc1)(Cc1ccccc1)Cc1ccccc1. The first-order valence-electron chi connectivity index (χ1n) is 10.6. The average molecular weight is 413 g/mol. The van der Waals surface area contributed by atoms with Crippen molar-refractivity contribution in [2.24, 2.45) is 0 Å². The van der Waals surface area contributed by atoms with Crippen molar-refractivity contribution in [3.63, 3.8) is 0 Å². The molecule has 0 saturated heterocycles. The molecule has 0 unspecified atom stereocenters. The fourth-order valence-electron chi connectivity index (χ4n) is 3.75. The van der Waals surface area contributed by atoms with Gasteiger partial charge in [0.1, 0.15) is 26.2 Å². The van der Waals surface area contributed by atoms with Crippen LogP contribution in [0.2, 0.25) is 0 Å². The number of ether oxygens (including phenoxy) is 1. The van der Waals surface area contributed by atoms with Crippen LogP contribution in [0.5, 0.6) is 0 Å². The van der Waals surface area contributed by atoms with E-state index in [1.54, 1.807) is 0 Å². The normalized spacial score (nSPS) is 11.4. The molecule has 0 radical (unpaired) electrons.